The summed E-state index contributed by atoms with van der Waals surface area (Å²) in [5.74, 6) is -3.63. The largest absolute Gasteiger partial charge is 0.467 e. The summed E-state index contributed by atoms with van der Waals surface area (Å²) in [7, 11) is 0. The summed E-state index contributed by atoms with van der Waals surface area (Å²) < 4.78 is 77.5. The SMILES string of the molecule is O=C(Nc1n[nH]c(C(F)(F)F)n1)c1cnc(OCC(F)(F)F)c(Cl)c1. The lowest BCUT2D eigenvalue weighted by Gasteiger charge is -2.10. The van der Waals surface area contributed by atoms with Crippen LogP contribution in [-0.2, 0) is 6.18 Å². The van der Waals surface area contributed by atoms with Gasteiger partial charge in [0.25, 0.3) is 5.91 Å². The first-order chi connectivity index (χ1) is 11.5. The van der Waals surface area contributed by atoms with Crippen LogP contribution in [0, 0.1) is 0 Å². The number of carbonyl (C=O) groups is 1. The summed E-state index contributed by atoms with van der Waals surface area (Å²) in [5, 5.41) is 6.28. The fraction of sp³-hybridized carbons (Fsp3) is 0.273. The topological polar surface area (TPSA) is 92.8 Å². The summed E-state index contributed by atoms with van der Waals surface area (Å²) >= 11 is 5.65. The van der Waals surface area contributed by atoms with Crippen molar-refractivity contribution in [3.63, 3.8) is 0 Å². The predicted octanol–water partition coefficient (Wildman–Crippen LogP) is 3.07. The van der Waals surface area contributed by atoms with Crippen LogP contribution >= 0.6 is 11.6 Å². The number of amides is 1. The minimum absolute atomic E-state index is 0.261. The zero-order chi connectivity index (χ0) is 18.8. The number of aromatic nitrogens is 4. The van der Waals surface area contributed by atoms with Gasteiger partial charge in [0, 0.05) is 6.20 Å². The molecule has 2 aromatic heterocycles. The zero-order valence-electron chi connectivity index (χ0n) is 11.7. The first-order valence-corrected chi connectivity index (χ1v) is 6.49. The summed E-state index contributed by atoms with van der Waals surface area (Å²) in [6, 6.07) is 0.924. The molecule has 0 aliphatic rings. The molecule has 0 saturated heterocycles. The normalized spacial score (nSPS) is 12.1. The van der Waals surface area contributed by atoms with Gasteiger partial charge in [-0.2, -0.15) is 31.3 Å². The smallest absolute Gasteiger partial charge is 0.451 e. The Morgan fingerprint density at radius 3 is 2.48 bits per heavy atom. The van der Waals surface area contributed by atoms with Crippen LogP contribution in [-0.4, -0.2) is 38.9 Å². The Labute approximate surface area is 139 Å². The van der Waals surface area contributed by atoms with Crippen molar-refractivity contribution in [2.24, 2.45) is 0 Å². The summed E-state index contributed by atoms with van der Waals surface area (Å²) in [6.07, 6.45) is -8.56. The van der Waals surface area contributed by atoms with Gasteiger partial charge >= 0.3 is 12.4 Å². The van der Waals surface area contributed by atoms with Crippen molar-refractivity contribution in [3.05, 3.63) is 28.7 Å². The third-order valence-electron chi connectivity index (χ3n) is 2.42. The van der Waals surface area contributed by atoms with Gasteiger partial charge < -0.3 is 4.74 Å². The number of anilines is 1. The molecular formula is C11H6ClF6N5O2. The summed E-state index contributed by atoms with van der Waals surface area (Å²) in [4.78, 5) is 18.3. The van der Waals surface area contributed by atoms with E-state index in [-0.39, 0.29) is 5.56 Å². The minimum Gasteiger partial charge on any atom is -0.467 e. The highest BCUT2D eigenvalue weighted by atomic mass is 35.5. The molecular weight excluding hydrogens is 384 g/mol. The van der Waals surface area contributed by atoms with Gasteiger partial charge in [-0.05, 0) is 6.07 Å². The van der Waals surface area contributed by atoms with Crippen LogP contribution < -0.4 is 10.1 Å². The van der Waals surface area contributed by atoms with Crippen molar-refractivity contribution in [2.75, 3.05) is 11.9 Å². The Bertz CT molecular complexity index is 775. The highest BCUT2D eigenvalue weighted by Crippen LogP contribution is 2.27. The van der Waals surface area contributed by atoms with Crippen molar-refractivity contribution in [1.29, 1.82) is 0 Å². The molecule has 25 heavy (non-hydrogen) atoms. The lowest BCUT2D eigenvalue weighted by atomic mass is 10.2. The van der Waals surface area contributed by atoms with Gasteiger partial charge in [0.15, 0.2) is 6.61 Å². The highest BCUT2D eigenvalue weighted by Gasteiger charge is 2.35. The molecule has 0 aromatic carbocycles. The number of H-pyrrole nitrogens is 1. The van der Waals surface area contributed by atoms with Gasteiger partial charge in [0.2, 0.25) is 17.7 Å². The van der Waals surface area contributed by atoms with E-state index in [4.69, 9.17) is 11.6 Å². The maximum Gasteiger partial charge on any atom is 0.451 e. The maximum atomic E-state index is 12.3. The van der Waals surface area contributed by atoms with E-state index >= 15 is 0 Å². The standard InChI is InChI=1S/C11H6ClF6N5O2/c12-5-1-4(2-19-7(5)25-3-10(13,14)15)6(24)20-9-21-8(22-23-9)11(16,17)18/h1-2H,3H2,(H2,20,21,22,23,24). The van der Waals surface area contributed by atoms with Gasteiger partial charge in [0.1, 0.15) is 5.02 Å². The fourth-order valence-electron chi connectivity index (χ4n) is 1.42. The molecule has 0 fully saturated rings. The number of carbonyl (C=O) groups excluding carboxylic acids is 1. The third kappa shape index (κ3) is 5.20. The Balaban J connectivity index is 2.07. The van der Waals surface area contributed by atoms with E-state index in [2.05, 4.69) is 19.8 Å². The lowest BCUT2D eigenvalue weighted by Crippen LogP contribution is -2.20. The zero-order valence-corrected chi connectivity index (χ0v) is 12.4. The number of ether oxygens (including phenoxy) is 1. The minimum atomic E-state index is -4.78. The van der Waals surface area contributed by atoms with E-state index in [1.165, 1.54) is 0 Å². The summed E-state index contributed by atoms with van der Waals surface area (Å²) in [5.41, 5.74) is -0.261. The number of alkyl halides is 6. The van der Waals surface area contributed by atoms with Gasteiger partial charge in [-0.1, -0.05) is 11.6 Å². The first-order valence-electron chi connectivity index (χ1n) is 6.12. The molecule has 0 atom stereocenters. The summed E-state index contributed by atoms with van der Waals surface area (Å²) in [6.45, 7) is -1.64. The number of nitrogens with one attached hydrogen (secondary N) is 2. The van der Waals surface area contributed by atoms with Gasteiger partial charge in [-0.15, -0.1) is 5.10 Å². The second-order valence-corrected chi connectivity index (χ2v) is 4.78. The number of nitrogens with zero attached hydrogens (tertiary/aromatic N) is 3. The predicted molar refractivity (Wildman–Crippen MR) is 70.1 cm³/mol. The van der Waals surface area contributed by atoms with Gasteiger partial charge in [-0.3, -0.25) is 15.2 Å². The van der Waals surface area contributed by atoms with E-state index in [1.54, 1.807) is 5.10 Å². The maximum absolute atomic E-state index is 12.3. The quantitative estimate of drug-likeness (QED) is 0.784. The number of hydrogen-bond donors (Lipinski definition) is 2. The average molecular weight is 390 g/mol. The second kappa shape index (κ2) is 6.74. The molecule has 7 nitrogen and oxygen atoms in total. The molecule has 2 rings (SSSR count). The number of hydrogen-bond acceptors (Lipinski definition) is 5. The van der Waals surface area contributed by atoms with E-state index < -0.39 is 47.5 Å². The lowest BCUT2D eigenvalue weighted by molar-refractivity contribution is -0.154. The molecule has 0 aliphatic carbocycles. The Kier molecular flexibility index (Phi) is 5.06. The van der Waals surface area contributed by atoms with Crippen LogP contribution in [0.15, 0.2) is 12.3 Å². The molecule has 0 radical (unpaired) electrons. The number of halogens is 7. The molecule has 2 heterocycles. The van der Waals surface area contributed by atoms with Crippen molar-refractivity contribution in [3.8, 4) is 5.88 Å². The molecule has 14 heteroatoms. The van der Waals surface area contributed by atoms with Crippen molar-refractivity contribution >= 4 is 23.5 Å². The van der Waals surface area contributed by atoms with Gasteiger partial charge in [-0.25, -0.2) is 4.98 Å². The third-order valence-corrected chi connectivity index (χ3v) is 2.69. The van der Waals surface area contributed by atoms with Gasteiger partial charge in [0.05, 0.1) is 5.56 Å². The average Bonchev–Trinajstić information content (AvgIpc) is 2.93. The van der Waals surface area contributed by atoms with E-state index in [9.17, 15) is 31.1 Å². The van der Waals surface area contributed by atoms with Crippen LogP contribution in [0.25, 0.3) is 0 Å². The molecule has 0 aliphatic heterocycles. The van der Waals surface area contributed by atoms with Crippen LogP contribution in [0.2, 0.25) is 5.02 Å². The monoisotopic (exact) mass is 389 g/mol. The van der Waals surface area contributed by atoms with Crippen LogP contribution in [0.5, 0.6) is 5.88 Å². The molecule has 0 unspecified atom stereocenters. The Morgan fingerprint density at radius 2 is 1.96 bits per heavy atom. The number of rotatable bonds is 4. The number of pyridine rings is 1. The van der Waals surface area contributed by atoms with Crippen LogP contribution in [0.1, 0.15) is 16.2 Å². The van der Waals surface area contributed by atoms with E-state index in [0.717, 1.165) is 12.3 Å². The molecule has 1 amide bonds. The van der Waals surface area contributed by atoms with E-state index in [0.29, 0.717) is 0 Å². The number of aromatic amines is 1. The molecule has 136 valence electrons. The van der Waals surface area contributed by atoms with Crippen molar-refractivity contribution < 1.29 is 35.9 Å². The Morgan fingerprint density at radius 1 is 1.28 bits per heavy atom. The second-order valence-electron chi connectivity index (χ2n) is 4.37. The fourth-order valence-corrected chi connectivity index (χ4v) is 1.65. The van der Waals surface area contributed by atoms with E-state index in [1.807, 2.05) is 5.32 Å². The highest BCUT2D eigenvalue weighted by molar-refractivity contribution is 6.32. The molecule has 0 spiro atoms. The van der Waals surface area contributed by atoms with Crippen LogP contribution in [0.3, 0.4) is 0 Å². The van der Waals surface area contributed by atoms with Crippen LogP contribution in [0.4, 0.5) is 32.3 Å². The van der Waals surface area contributed by atoms with Crippen molar-refractivity contribution in [1.82, 2.24) is 20.2 Å². The Hall–Kier alpha value is -2.57. The molecule has 2 aromatic rings. The first kappa shape index (κ1) is 18.8. The molecule has 2 N–H and O–H groups in total. The molecule has 0 bridgehead atoms. The van der Waals surface area contributed by atoms with Crippen molar-refractivity contribution in [2.45, 2.75) is 12.4 Å². The molecule has 0 saturated carbocycles.